The monoisotopic (exact) mass is 168 g/mol. The van der Waals surface area contributed by atoms with Gasteiger partial charge in [0.15, 0.2) is 0 Å². The zero-order valence-corrected chi connectivity index (χ0v) is 7.24. The minimum absolute atomic E-state index is 0.303. The Bertz CT molecular complexity index is 291. The van der Waals surface area contributed by atoms with E-state index in [1.807, 2.05) is 6.92 Å². The van der Waals surface area contributed by atoms with Crippen LogP contribution in [0.4, 0.5) is 0 Å². The van der Waals surface area contributed by atoms with Gasteiger partial charge in [-0.25, -0.2) is 9.78 Å². The summed E-state index contributed by atoms with van der Waals surface area (Å²) in [6.45, 7) is 4.42. The highest BCUT2D eigenvalue weighted by atomic mass is 16.4. The van der Waals surface area contributed by atoms with Gasteiger partial charge in [-0.05, 0) is 13.3 Å². The van der Waals surface area contributed by atoms with Crippen molar-refractivity contribution in [1.29, 1.82) is 0 Å². The van der Waals surface area contributed by atoms with Crippen molar-refractivity contribution in [3.8, 4) is 0 Å². The van der Waals surface area contributed by atoms with Crippen molar-refractivity contribution in [1.82, 2.24) is 9.55 Å². The summed E-state index contributed by atoms with van der Waals surface area (Å²) >= 11 is 0. The van der Waals surface area contributed by atoms with Gasteiger partial charge in [0.25, 0.3) is 0 Å². The Kier molecular flexibility index (Phi) is 2.47. The molecule has 0 aliphatic carbocycles. The van der Waals surface area contributed by atoms with Gasteiger partial charge in [-0.1, -0.05) is 6.92 Å². The molecule has 1 aromatic heterocycles. The summed E-state index contributed by atoms with van der Waals surface area (Å²) in [4.78, 5) is 14.7. The molecule has 4 heteroatoms. The molecule has 1 rings (SSSR count). The largest absolute Gasteiger partial charge is 0.477 e. The fourth-order valence-electron chi connectivity index (χ4n) is 1.17. The van der Waals surface area contributed by atoms with Crippen LogP contribution in [0.2, 0.25) is 0 Å². The Hall–Kier alpha value is -1.32. The highest BCUT2D eigenvalue weighted by molar-refractivity contribution is 5.86. The zero-order chi connectivity index (χ0) is 9.14. The number of aromatic nitrogens is 2. The molecule has 1 heterocycles. The van der Waals surface area contributed by atoms with Crippen molar-refractivity contribution in [3.63, 3.8) is 0 Å². The van der Waals surface area contributed by atoms with Gasteiger partial charge in [-0.3, -0.25) is 0 Å². The molecule has 0 radical (unpaired) electrons. The predicted molar refractivity (Wildman–Crippen MR) is 44.2 cm³/mol. The van der Waals surface area contributed by atoms with E-state index in [0.717, 1.165) is 6.42 Å². The first-order valence-corrected chi connectivity index (χ1v) is 3.91. The summed E-state index contributed by atoms with van der Waals surface area (Å²) in [5.41, 5.74) is 0.882. The van der Waals surface area contributed by atoms with E-state index in [-0.39, 0.29) is 0 Å². The number of nitrogens with zero attached hydrogens (tertiary/aromatic N) is 2. The number of aromatic carboxylic acids is 1. The number of carboxylic acids is 1. The lowest BCUT2D eigenvalue weighted by Gasteiger charge is -2.01. The molecule has 66 valence electrons. The number of rotatable bonds is 3. The van der Waals surface area contributed by atoms with E-state index < -0.39 is 5.97 Å². The van der Waals surface area contributed by atoms with E-state index in [2.05, 4.69) is 4.98 Å². The SMILES string of the molecule is CCCn1cnc(C)c1C(=O)O. The molecule has 0 aliphatic rings. The van der Waals surface area contributed by atoms with Crippen molar-refractivity contribution >= 4 is 5.97 Å². The molecule has 0 saturated carbocycles. The fraction of sp³-hybridized carbons (Fsp3) is 0.500. The van der Waals surface area contributed by atoms with Crippen LogP contribution in [0.25, 0.3) is 0 Å². The third kappa shape index (κ3) is 1.47. The summed E-state index contributed by atoms with van der Waals surface area (Å²) in [7, 11) is 0. The molecule has 0 atom stereocenters. The third-order valence-electron chi connectivity index (χ3n) is 1.69. The zero-order valence-electron chi connectivity index (χ0n) is 7.24. The first-order chi connectivity index (χ1) is 5.66. The van der Waals surface area contributed by atoms with Crippen molar-refractivity contribution in [2.24, 2.45) is 0 Å². The minimum atomic E-state index is -0.904. The first kappa shape index (κ1) is 8.77. The topological polar surface area (TPSA) is 55.1 Å². The van der Waals surface area contributed by atoms with Crippen molar-refractivity contribution < 1.29 is 9.90 Å². The lowest BCUT2D eigenvalue weighted by molar-refractivity contribution is 0.0684. The second-order valence-electron chi connectivity index (χ2n) is 2.68. The molecule has 0 fully saturated rings. The van der Waals surface area contributed by atoms with Crippen LogP contribution in [0.3, 0.4) is 0 Å². The van der Waals surface area contributed by atoms with Crippen molar-refractivity contribution in [2.45, 2.75) is 26.8 Å². The Morgan fingerprint density at radius 3 is 2.92 bits per heavy atom. The highest BCUT2D eigenvalue weighted by Crippen LogP contribution is 2.06. The molecule has 4 nitrogen and oxygen atoms in total. The van der Waals surface area contributed by atoms with Crippen LogP contribution < -0.4 is 0 Å². The van der Waals surface area contributed by atoms with Crippen LogP contribution in [0.1, 0.15) is 29.5 Å². The van der Waals surface area contributed by atoms with E-state index in [1.165, 1.54) is 0 Å². The average Bonchev–Trinajstić information content (AvgIpc) is 2.32. The van der Waals surface area contributed by atoms with Crippen molar-refractivity contribution in [3.05, 3.63) is 17.7 Å². The van der Waals surface area contributed by atoms with Gasteiger partial charge in [0.05, 0.1) is 12.0 Å². The van der Waals surface area contributed by atoms with Gasteiger partial charge in [0, 0.05) is 6.54 Å². The summed E-state index contributed by atoms with van der Waals surface area (Å²) in [6, 6.07) is 0. The number of imidazole rings is 1. The van der Waals surface area contributed by atoms with E-state index in [1.54, 1.807) is 17.8 Å². The third-order valence-corrected chi connectivity index (χ3v) is 1.69. The van der Waals surface area contributed by atoms with Crippen LogP contribution in [0.15, 0.2) is 6.33 Å². The highest BCUT2D eigenvalue weighted by Gasteiger charge is 2.13. The Morgan fingerprint density at radius 1 is 1.75 bits per heavy atom. The Morgan fingerprint density at radius 2 is 2.42 bits per heavy atom. The van der Waals surface area contributed by atoms with Gasteiger partial charge >= 0.3 is 5.97 Å². The summed E-state index contributed by atoms with van der Waals surface area (Å²) in [5.74, 6) is -0.904. The maximum Gasteiger partial charge on any atom is 0.354 e. The number of hydrogen-bond acceptors (Lipinski definition) is 2. The molecular formula is C8H12N2O2. The number of aryl methyl sites for hydroxylation is 2. The van der Waals surface area contributed by atoms with Crippen LogP contribution in [-0.2, 0) is 6.54 Å². The first-order valence-electron chi connectivity index (χ1n) is 3.91. The van der Waals surface area contributed by atoms with Crippen LogP contribution in [0.5, 0.6) is 0 Å². The Balaban J connectivity index is 3.04. The van der Waals surface area contributed by atoms with E-state index in [0.29, 0.717) is 17.9 Å². The van der Waals surface area contributed by atoms with Gasteiger partial charge in [-0.2, -0.15) is 0 Å². The number of hydrogen-bond donors (Lipinski definition) is 1. The summed E-state index contributed by atoms with van der Waals surface area (Å²) in [5, 5.41) is 8.80. The standard InChI is InChI=1S/C8H12N2O2/c1-3-4-10-5-9-6(2)7(10)8(11)12/h5H,3-4H2,1-2H3,(H,11,12). The van der Waals surface area contributed by atoms with Crippen molar-refractivity contribution in [2.75, 3.05) is 0 Å². The molecule has 0 unspecified atom stereocenters. The molecule has 1 N–H and O–H groups in total. The maximum absolute atomic E-state index is 10.7. The van der Waals surface area contributed by atoms with E-state index >= 15 is 0 Å². The summed E-state index contributed by atoms with van der Waals surface area (Å²) < 4.78 is 1.66. The predicted octanol–water partition coefficient (Wildman–Crippen LogP) is 1.30. The molecular weight excluding hydrogens is 156 g/mol. The second kappa shape index (κ2) is 3.38. The second-order valence-corrected chi connectivity index (χ2v) is 2.68. The van der Waals surface area contributed by atoms with Gasteiger partial charge in [-0.15, -0.1) is 0 Å². The van der Waals surface area contributed by atoms with Gasteiger partial charge in [0.1, 0.15) is 5.69 Å². The molecule has 0 amide bonds. The number of carboxylic acid groups (broad SMARTS) is 1. The molecule has 0 saturated heterocycles. The van der Waals surface area contributed by atoms with E-state index in [9.17, 15) is 4.79 Å². The molecule has 12 heavy (non-hydrogen) atoms. The summed E-state index contributed by atoms with van der Waals surface area (Å²) in [6.07, 6.45) is 2.48. The Labute approximate surface area is 70.9 Å². The lowest BCUT2D eigenvalue weighted by Crippen LogP contribution is -2.08. The average molecular weight is 168 g/mol. The maximum atomic E-state index is 10.7. The van der Waals surface area contributed by atoms with Crippen LogP contribution >= 0.6 is 0 Å². The van der Waals surface area contributed by atoms with E-state index in [4.69, 9.17) is 5.11 Å². The number of carbonyl (C=O) groups is 1. The van der Waals surface area contributed by atoms with Gasteiger partial charge < -0.3 is 9.67 Å². The molecule has 0 spiro atoms. The lowest BCUT2D eigenvalue weighted by atomic mass is 10.3. The molecule has 0 aromatic carbocycles. The normalized spacial score (nSPS) is 10.2. The van der Waals surface area contributed by atoms with Crippen LogP contribution in [0, 0.1) is 6.92 Å². The smallest absolute Gasteiger partial charge is 0.354 e. The minimum Gasteiger partial charge on any atom is -0.477 e. The molecule has 0 aliphatic heterocycles. The van der Waals surface area contributed by atoms with Gasteiger partial charge in [0.2, 0.25) is 0 Å². The van der Waals surface area contributed by atoms with Crippen LogP contribution in [-0.4, -0.2) is 20.6 Å². The quantitative estimate of drug-likeness (QED) is 0.740. The molecule has 0 bridgehead atoms. The molecule has 1 aromatic rings. The fourth-order valence-corrected chi connectivity index (χ4v) is 1.17.